The summed E-state index contributed by atoms with van der Waals surface area (Å²) in [4.78, 5) is 10.9. The first-order valence-electron chi connectivity index (χ1n) is 4.31. The number of anilines is 1. The van der Waals surface area contributed by atoms with Gasteiger partial charge in [0.2, 0.25) is 0 Å². The van der Waals surface area contributed by atoms with Crippen molar-refractivity contribution in [2.24, 2.45) is 0 Å². The Kier molecular flexibility index (Phi) is 1.72. The van der Waals surface area contributed by atoms with E-state index in [1.165, 1.54) is 6.07 Å². The van der Waals surface area contributed by atoms with Crippen molar-refractivity contribution in [3.05, 3.63) is 29.3 Å². The molecule has 0 heterocycles. The van der Waals surface area contributed by atoms with Gasteiger partial charge >= 0.3 is 5.97 Å². The van der Waals surface area contributed by atoms with Gasteiger partial charge in [-0.15, -0.1) is 0 Å². The molecule has 0 unspecified atom stereocenters. The molecule has 0 spiro atoms. The van der Waals surface area contributed by atoms with E-state index in [1.807, 2.05) is 6.07 Å². The third-order valence-corrected chi connectivity index (χ3v) is 2.32. The molecule has 0 aromatic heterocycles. The quantitative estimate of drug-likeness (QED) is 0.677. The Morgan fingerprint density at radius 2 is 2.15 bits per heavy atom. The highest BCUT2D eigenvalue weighted by molar-refractivity contribution is 5.90. The largest absolute Gasteiger partial charge is 0.478 e. The Balaban J connectivity index is 2.47. The van der Waals surface area contributed by atoms with Crippen molar-refractivity contribution in [1.82, 2.24) is 0 Å². The van der Waals surface area contributed by atoms with E-state index in [2.05, 4.69) is 0 Å². The summed E-state index contributed by atoms with van der Waals surface area (Å²) in [5, 5.41) is 8.91. The van der Waals surface area contributed by atoms with E-state index >= 15 is 0 Å². The van der Waals surface area contributed by atoms with Crippen molar-refractivity contribution < 1.29 is 9.90 Å². The van der Waals surface area contributed by atoms with Crippen LogP contribution in [0.2, 0.25) is 0 Å². The van der Waals surface area contributed by atoms with Gasteiger partial charge < -0.3 is 10.8 Å². The number of aromatic carboxylic acids is 1. The summed E-state index contributed by atoms with van der Waals surface area (Å²) < 4.78 is 0. The van der Waals surface area contributed by atoms with Crippen molar-refractivity contribution in [2.45, 2.75) is 18.8 Å². The minimum Gasteiger partial charge on any atom is -0.478 e. The van der Waals surface area contributed by atoms with Gasteiger partial charge in [0.25, 0.3) is 0 Å². The summed E-state index contributed by atoms with van der Waals surface area (Å²) in [6.07, 6.45) is 2.20. The molecule has 1 aliphatic rings. The second-order valence-electron chi connectivity index (χ2n) is 3.43. The van der Waals surface area contributed by atoms with E-state index in [9.17, 15) is 4.79 Å². The fraction of sp³-hybridized carbons (Fsp3) is 0.300. The molecule has 3 nitrogen and oxygen atoms in total. The topological polar surface area (TPSA) is 63.3 Å². The van der Waals surface area contributed by atoms with Crippen LogP contribution in [0.4, 0.5) is 5.69 Å². The second-order valence-corrected chi connectivity index (χ2v) is 3.43. The maximum atomic E-state index is 10.9. The Morgan fingerprint density at radius 3 is 2.69 bits per heavy atom. The summed E-state index contributed by atoms with van der Waals surface area (Å²) in [7, 11) is 0. The first kappa shape index (κ1) is 8.10. The number of rotatable bonds is 2. The van der Waals surface area contributed by atoms with Gasteiger partial charge in [-0.05, 0) is 36.5 Å². The highest BCUT2D eigenvalue weighted by atomic mass is 16.4. The van der Waals surface area contributed by atoms with Crippen LogP contribution in [0.1, 0.15) is 34.7 Å². The van der Waals surface area contributed by atoms with E-state index < -0.39 is 5.97 Å². The van der Waals surface area contributed by atoms with Crippen LogP contribution in [0.3, 0.4) is 0 Å². The zero-order valence-electron chi connectivity index (χ0n) is 7.16. The van der Waals surface area contributed by atoms with E-state index in [1.54, 1.807) is 6.07 Å². The summed E-state index contributed by atoms with van der Waals surface area (Å²) in [5.74, 6) is -0.430. The van der Waals surface area contributed by atoms with Crippen molar-refractivity contribution in [2.75, 3.05) is 5.73 Å². The van der Waals surface area contributed by atoms with E-state index in [-0.39, 0.29) is 0 Å². The third kappa shape index (κ3) is 1.49. The summed E-state index contributed by atoms with van der Waals surface area (Å²) in [5.41, 5.74) is 7.33. The second kappa shape index (κ2) is 2.76. The lowest BCUT2D eigenvalue weighted by Gasteiger charge is -2.04. The van der Waals surface area contributed by atoms with E-state index in [0.717, 1.165) is 18.4 Å². The number of hydrogen-bond acceptors (Lipinski definition) is 2. The SMILES string of the molecule is Nc1ccc(C2CC2)c(C(=O)O)c1. The Hall–Kier alpha value is -1.51. The highest BCUT2D eigenvalue weighted by Gasteiger charge is 2.27. The number of nitrogen functional groups attached to an aromatic ring is 1. The molecular weight excluding hydrogens is 166 g/mol. The molecule has 0 bridgehead atoms. The summed E-state index contributed by atoms with van der Waals surface area (Å²) in [6, 6.07) is 5.13. The van der Waals surface area contributed by atoms with Gasteiger partial charge in [0.15, 0.2) is 0 Å². The Labute approximate surface area is 76.2 Å². The molecule has 3 N–H and O–H groups in total. The van der Waals surface area contributed by atoms with E-state index in [4.69, 9.17) is 10.8 Å². The molecule has 0 radical (unpaired) electrons. The first-order chi connectivity index (χ1) is 6.18. The molecule has 0 saturated heterocycles. The molecule has 2 rings (SSSR count). The number of benzene rings is 1. The lowest BCUT2D eigenvalue weighted by molar-refractivity contribution is 0.0695. The molecule has 0 atom stereocenters. The monoisotopic (exact) mass is 177 g/mol. The highest BCUT2D eigenvalue weighted by Crippen LogP contribution is 2.41. The standard InChI is InChI=1S/C10H11NO2/c11-7-3-4-8(6-1-2-6)9(5-7)10(12)13/h3-6H,1-2,11H2,(H,12,13). The van der Waals surface area contributed by atoms with Crippen LogP contribution in [-0.2, 0) is 0 Å². The first-order valence-corrected chi connectivity index (χ1v) is 4.31. The van der Waals surface area contributed by atoms with E-state index in [0.29, 0.717) is 17.2 Å². The van der Waals surface area contributed by atoms with Crippen LogP contribution in [0, 0.1) is 0 Å². The summed E-state index contributed by atoms with van der Waals surface area (Å²) >= 11 is 0. The molecule has 1 saturated carbocycles. The molecule has 1 fully saturated rings. The van der Waals surface area contributed by atoms with Crippen molar-refractivity contribution in [3.63, 3.8) is 0 Å². The van der Waals surface area contributed by atoms with Gasteiger partial charge in [-0.3, -0.25) is 0 Å². The van der Waals surface area contributed by atoms with Crippen LogP contribution in [-0.4, -0.2) is 11.1 Å². The van der Waals surface area contributed by atoms with Crippen molar-refractivity contribution in [3.8, 4) is 0 Å². The van der Waals surface area contributed by atoms with Crippen LogP contribution >= 0.6 is 0 Å². The van der Waals surface area contributed by atoms with Crippen molar-refractivity contribution in [1.29, 1.82) is 0 Å². The molecule has 3 heteroatoms. The molecule has 68 valence electrons. The van der Waals surface area contributed by atoms with Gasteiger partial charge in [0.05, 0.1) is 5.56 Å². The zero-order valence-corrected chi connectivity index (χ0v) is 7.16. The van der Waals surface area contributed by atoms with Gasteiger partial charge in [0, 0.05) is 5.69 Å². The number of carboxylic acids is 1. The van der Waals surface area contributed by atoms with Crippen molar-refractivity contribution >= 4 is 11.7 Å². The van der Waals surface area contributed by atoms with Crippen LogP contribution in [0.5, 0.6) is 0 Å². The average molecular weight is 177 g/mol. The fourth-order valence-corrected chi connectivity index (χ4v) is 1.51. The molecule has 0 aliphatic heterocycles. The maximum Gasteiger partial charge on any atom is 0.336 e. The van der Waals surface area contributed by atoms with Gasteiger partial charge in [-0.25, -0.2) is 4.79 Å². The minimum atomic E-state index is -0.880. The predicted octanol–water partition coefficient (Wildman–Crippen LogP) is 1.84. The third-order valence-electron chi connectivity index (χ3n) is 2.32. The molecule has 1 aromatic carbocycles. The maximum absolute atomic E-state index is 10.9. The molecule has 1 aliphatic carbocycles. The number of nitrogens with two attached hydrogens (primary N) is 1. The molecule has 13 heavy (non-hydrogen) atoms. The summed E-state index contributed by atoms with van der Waals surface area (Å²) in [6.45, 7) is 0. The van der Waals surface area contributed by atoms with Gasteiger partial charge in [-0.1, -0.05) is 6.07 Å². The fourth-order valence-electron chi connectivity index (χ4n) is 1.51. The lowest BCUT2D eigenvalue weighted by Crippen LogP contribution is -2.02. The van der Waals surface area contributed by atoms with Crippen LogP contribution in [0.25, 0.3) is 0 Å². The average Bonchev–Trinajstić information content (AvgIpc) is 2.87. The molecule has 1 aromatic rings. The van der Waals surface area contributed by atoms with Crippen LogP contribution in [0.15, 0.2) is 18.2 Å². The molecular formula is C10H11NO2. The smallest absolute Gasteiger partial charge is 0.336 e. The van der Waals surface area contributed by atoms with Crippen LogP contribution < -0.4 is 5.73 Å². The number of carbonyl (C=O) groups is 1. The number of hydrogen-bond donors (Lipinski definition) is 2. The zero-order chi connectivity index (χ0) is 9.42. The minimum absolute atomic E-state index is 0.363. The lowest BCUT2D eigenvalue weighted by atomic mass is 10.0. The van der Waals surface area contributed by atoms with Gasteiger partial charge in [0.1, 0.15) is 0 Å². The molecule has 0 amide bonds. The predicted molar refractivity (Wildman–Crippen MR) is 49.8 cm³/mol. The van der Waals surface area contributed by atoms with Gasteiger partial charge in [-0.2, -0.15) is 0 Å². The normalized spacial score (nSPS) is 15.7. The Morgan fingerprint density at radius 1 is 1.46 bits per heavy atom. The number of carboxylic acid groups (broad SMARTS) is 1. The Bertz CT molecular complexity index is 356.